The predicted octanol–water partition coefficient (Wildman–Crippen LogP) is 3.27. The van der Waals surface area contributed by atoms with E-state index in [1.165, 1.54) is 36.7 Å². The van der Waals surface area contributed by atoms with Gasteiger partial charge in [0.05, 0.1) is 21.7 Å². The molecule has 160 valence electrons. The number of primary sulfonamides is 1. The van der Waals surface area contributed by atoms with Gasteiger partial charge in [-0.2, -0.15) is 0 Å². The van der Waals surface area contributed by atoms with Crippen LogP contribution in [0.5, 0.6) is 0 Å². The molecule has 29 heavy (non-hydrogen) atoms. The molecule has 1 fully saturated rings. The van der Waals surface area contributed by atoms with E-state index in [2.05, 4.69) is 28.7 Å². The van der Waals surface area contributed by atoms with Crippen molar-refractivity contribution >= 4 is 38.7 Å². The highest BCUT2D eigenvalue weighted by Crippen LogP contribution is 2.27. The number of sulfonamides is 1. The zero-order valence-corrected chi connectivity index (χ0v) is 18.7. The first-order valence-electron chi connectivity index (χ1n) is 10.2. The number of benzene rings is 1. The van der Waals surface area contributed by atoms with Crippen molar-refractivity contribution in [3.05, 3.63) is 18.2 Å². The molecule has 1 heterocycles. The number of nitrogens with two attached hydrogens (primary N) is 1. The topological polar surface area (TPSA) is 107 Å². The molecule has 1 aliphatic carbocycles. The molecule has 7 nitrogen and oxygen atoms in total. The number of carbonyl (C=O) groups excluding carboxylic acids is 1. The van der Waals surface area contributed by atoms with Gasteiger partial charge in [-0.25, -0.2) is 18.5 Å². The lowest BCUT2D eigenvalue weighted by Crippen LogP contribution is -2.41. The minimum Gasteiger partial charge on any atom is -0.352 e. The Hall–Kier alpha value is -1.58. The van der Waals surface area contributed by atoms with E-state index in [4.69, 9.17) is 5.14 Å². The van der Waals surface area contributed by atoms with Gasteiger partial charge in [0.2, 0.25) is 15.9 Å². The molecule has 0 aliphatic heterocycles. The molecule has 0 radical (unpaired) electrons. The summed E-state index contributed by atoms with van der Waals surface area (Å²) in [7, 11) is -3.78. The highest BCUT2D eigenvalue weighted by molar-refractivity contribution is 7.99. The summed E-state index contributed by atoms with van der Waals surface area (Å²) in [6.07, 6.45) is 6.62. The smallest absolute Gasteiger partial charge is 0.238 e. The first-order valence-corrected chi connectivity index (χ1v) is 12.8. The number of aryl methyl sites for hydroxylation is 1. The molecule has 3 rings (SSSR count). The molecule has 3 N–H and O–H groups in total. The van der Waals surface area contributed by atoms with Gasteiger partial charge in [-0.15, -0.1) is 0 Å². The highest BCUT2D eigenvalue weighted by atomic mass is 32.2. The van der Waals surface area contributed by atoms with Crippen molar-refractivity contribution in [2.24, 2.45) is 11.1 Å². The van der Waals surface area contributed by atoms with Gasteiger partial charge in [-0.1, -0.05) is 44.9 Å². The number of thioether (sulfide) groups is 1. The molecular formula is C20H30N4O3S2. The number of unbranched alkanes of at least 4 members (excludes halogenated alkanes) is 1. The van der Waals surface area contributed by atoms with Crippen LogP contribution in [0.15, 0.2) is 28.3 Å². The number of nitrogens with one attached hydrogen (secondary N) is 1. The van der Waals surface area contributed by atoms with E-state index >= 15 is 0 Å². The van der Waals surface area contributed by atoms with Crippen LogP contribution in [0.3, 0.4) is 0 Å². The van der Waals surface area contributed by atoms with Crippen LogP contribution in [0, 0.1) is 5.92 Å². The Morgan fingerprint density at radius 3 is 2.79 bits per heavy atom. The summed E-state index contributed by atoms with van der Waals surface area (Å²) in [5.74, 6) is 0.831. The maximum absolute atomic E-state index is 12.5. The number of imidazole rings is 1. The van der Waals surface area contributed by atoms with E-state index in [1.54, 1.807) is 6.07 Å². The lowest BCUT2D eigenvalue weighted by molar-refractivity contribution is -0.119. The standard InChI is InChI=1S/C20H30N4O3S2/c1-3-4-11-24-18-10-9-15(29(21,26)27)12-17(18)23-20(24)28-13-19(25)22-16-8-6-5-7-14(16)2/h9-10,12,14,16H,3-8,11,13H2,1-2H3,(H,22,25)(H2,21,26,27)/t14-,16-/m0/s1. The van der Waals surface area contributed by atoms with Gasteiger partial charge >= 0.3 is 0 Å². The zero-order valence-electron chi connectivity index (χ0n) is 17.1. The summed E-state index contributed by atoms with van der Waals surface area (Å²) in [6.45, 7) is 5.08. The van der Waals surface area contributed by atoms with Gasteiger partial charge in [-0.05, 0) is 43.4 Å². The molecule has 1 saturated carbocycles. The van der Waals surface area contributed by atoms with Gasteiger partial charge in [-0.3, -0.25) is 4.79 Å². The Morgan fingerprint density at radius 1 is 1.34 bits per heavy atom. The first-order chi connectivity index (χ1) is 13.8. The van der Waals surface area contributed by atoms with Crippen LogP contribution >= 0.6 is 11.8 Å². The van der Waals surface area contributed by atoms with Crippen molar-refractivity contribution in [3.63, 3.8) is 0 Å². The van der Waals surface area contributed by atoms with Gasteiger partial charge < -0.3 is 9.88 Å². The van der Waals surface area contributed by atoms with Crippen LogP contribution < -0.4 is 10.5 Å². The second kappa shape index (κ2) is 9.49. The van der Waals surface area contributed by atoms with E-state index in [1.807, 2.05) is 0 Å². The molecule has 1 aliphatic rings. The first kappa shape index (κ1) is 22.1. The van der Waals surface area contributed by atoms with Crippen LogP contribution in [0.4, 0.5) is 0 Å². The number of nitrogens with zero attached hydrogens (tertiary/aromatic N) is 2. The number of aromatic nitrogens is 2. The van der Waals surface area contributed by atoms with Gasteiger partial charge in [0, 0.05) is 12.6 Å². The number of hydrogen-bond acceptors (Lipinski definition) is 5. The Morgan fingerprint density at radius 2 is 2.10 bits per heavy atom. The second-order valence-corrected chi connectivity index (χ2v) is 10.3. The molecule has 0 unspecified atom stereocenters. The Kier molecular flexibility index (Phi) is 7.23. The fraction of sp³-hybridized carbons (Fsp3) is 0.600. The SMILES string of the molecule is CCCCn1c(SCC(=O)N[C@H]2CCCC[C@@H]2C)nc2cc(S(N)(=O)=O)ccc21. The van der Waals surface area contributed by atoms with Crippen molar-refractivity contribution in [1.29, 1.82) is 0 Å². The van der Waals surface area contributed by atoms with Crippen LogP contribution in [0.1, 0.15) is 52.4 Å². The molecule has 1 amide bonds. The van der Waals surface area contributed by atoms with E-state index in [0.29, 0.717) is 17.2 Å². The lowest BCUT2D eigenvalue weighted by atomic mass is 9.86. The summed E-state index contributed by atoms with van der Waals surface area (Å²) in [6, 6.07) is 5.01. The summed E-state index contributed by atoms with van der Waals surface area (Å²) >= 11 is 1.39. The fourth-order valence-electron chi connectivity index (χ4n) is 3.82. The van der Waals surface area contributed by atoms with E-state index in [9.17, 15) is 13.2 Å². The third-order valence-electron chi connectivity index (χ3n) is 5.54. The van der Waals surface area contributed by atoms with Crippen molar-refractivity contribution in [1.82, 2.24) is 14.9 Å². The number of fused-ring (bicyclic) bond motifs is 1. The van der Waals surface area contributed by atoms with Crippen LogP contribution in [0.25, 0.3) is 11.0 Å². The van der Waals surface area contributed by atoms with Crippen LogP contribution in [0.2, 0.25) is 0 Å². The molecule has 9 heteroatoms. The van der Waals surface area contributed by atoms with Crippen LogP contribution in [-0.2, 0) is 21.4 Å². The molecular weight excluding hydrogens is 408 g/mol. The van der Waals surface area contributed by atoms with Gasteiger partial charge in [0.25, 0.3) is 0 Å². The van der Waals surface area contributed by atoms with Gasteiger partial charge in [0.1, 0.15) is 0 Å². The predicted molar refractivity (Wildman–Crippen MR) is 116 cm³/mol. The Balaban J connectivity index is 1.76. The highest BCUT2D eigenvalue weighted by Gasteiger charge is 2.23. The molecule has 1 aromatic carbocycles. The largest absolute Gasteiger partial charge is 0.352 e. The molecule has 0 bridgehead atoms. The van der Waals surface area contributed by atoms with Crippen molar-refractivity contribution in [3.8, 4) is 0 Å². The minimum absolute atomic E-state index is 0.0214. The van der Waals surface area contributed by atoms with Crippen molar-refractivity contribution in [2.75, 3.05) is 5.75 Å². The average molecular weight is 439 g/mol. The third-order valence-corrected chi connectivity index (χ3v) is 7.43. The second-order valence-electron chi connectivity index (χ2n) is 7.82. The minimum atomic E-state index is -3.78. The third kappa shape index (κ3) is 5.52. The maximum atomic E-state index is 12.5. The number of amides is 1. The monoisotopic (exact) mass is 438 g/mol. The fourth-order valence-corrected chi connectivity index (χ4v) is 5.20. The lowest BCUT2D eigenvalue weighted by Gasteiger charge is -2.29. The molecule has 0 spiro atoms. The maximum Gasteiger partial charge on any atom is 0.238 e. The van der Waals surface area contributed by atoms with E-state index in [0.717, 1.165) is 42.9 Å². The molecule has 1 aromatic heterocycles. The molecule has 0 saturated heterocycles. The summed E-state index contributed by atoms with van der Waals surface area (Å²) in [5.41, 5.74) is 1.44. The molecule has 2 aromatic rings. The van der Waals surface area contributed by atoms with Crippen LogP contribution in [-0.4, -0.2) is 35.7 Å². The summed E-state index contributed by atoms with van der Waals surface area (Å²) in [5, 5.41) is 9.15. The Labute approximate surface area is 176 Å². The number of hydrogen-bond donors (Lipinski definition) is 2. The van der Waals surface area contributed by atoms with E-state index in [-0.39, 0.29) is 16.8 Å². The van der Waals surface area contributed by atoms with Crippen molar-refractivity contribution in [2.45, 2.75) is 75.0 Å². The number of carbonyl (C=O) groups is 1. The van der Waals surface area contributed by atoms with Crippen molar-refractivity contribution < 1.29 is 13.2 Å². The zero-order chi connectivity index (χ0) is 21.0. The summed E-state index contributed by atoms with van der Waals surface area (Å²) < 4.78 is 25.4. The van der Waals surface area contributed by atoms with Gasteiger partial charge in [0.15, 0.2) is 5.16 Å². The average Bonchev–Trinajstić information content (AvgIpc) is 3.02. The van der Waals surface area contributed by atoms with E-state index < -0.39 is 10.0 Å². The quantitative estimate of drug-likeness (QED) is 0.615. The Bertz CT molecular complexity index is 972. The number of rotatable bonds is 8. The molecule has 2 atom stereocenters. The summed E-state index contributed by atoms with van der Waals surface area (Å²) in [4.78, 5) is 17.1. The normalized spacial score (nSPS) is 20.1.